The van der Waals surface area contributed by atoms with Crippen molar-refractivity contribution in [1.82, 2.24) is 19.7 Å². The highest BCUT2D eigenvalue weighted by atomic mass is 16.3. The molecule has 26 heavy (non-hydrogen) atoms. The summed E-state index contributed by atoms with van der Waals surface area (Å²) in [5.74, 6) is 1.66. The summed E-state index contributed by atoms with van der Waals surface area (Å²) in [6, 6.07) is 3.42. The Hall–Kier alpha value is -3.16. The number of H-pyrrole nitrogens is 1. The Morgan fingerprint density at radius 1 is 1.27 bits per heavy atom. The van der Waals surface area contributed by atoms with Crippen LogP contribution in [0.1, 0.15) is 45.3 Å². The molecule has 0 fully saturated rings. The second-order valence-electron chi connectivity index (χ2n) is 6.53. The summed E-state index contributed by atoms with van der Waals surface area (Å²) in [6.07, 6.45) is 2.45. The van der Waals surface area contributed by atoms with Gasteiger partial charge >= 0.3 is 0 Å². The van der Waals surface area contributed by atoms with Gasteiger partial charge in [-0.3, -0.25) is 14.6 Å². The average molecular weight is 353 g/mol. The number of carbonyl (C=O) groups excluding carboxylic acids is 1. The number of hydrogen-bond acceptors (Lipinski definition) is 5. The predicted molar refractivity (Wildman–Crippen MR) is 94.9 cm³/mol. The van der Waals surface area contributed by atoms with Gasteiger partial charge in [-0.25, -0.2) is 4.98 Å². The van der Waals surface area contributed by atoms with Gasteiger partial charge in [0.1, 0.15) is 17.3 Å². The Morgan fingerprint density at radius 2 is 2.08 bits per heavy atom. The van der Waals surface area contributed by atoms with Crippen LogP contribution in [0.3, 0.4) is 0 Å². The molecular weight excluding hydrogens is 334 g/mol. The van der Waals surface area contributed by atoms with E-state index in [0.29, 0.717) is 34.5 Å². The largest absolute Gasteiger partial charge is 0.466 e. The smallest absolute Gasteiger partial charge is 0.260 e. The quantitative estimate of drug-likeness (QED) is 0.751. The number of aromatic nitrogens is 4. The molecule has 0 saturated heterocycles. The van der Waals surface area contributed by atoms with Gasteiger partial charge in [-0.05, 0) is 46.1 Å². The van der Waals surface area contributed by atoms with Crippen LogP contribution in [0.4, 0.5) is 5.82 Å². The van der Waals surface area contributed by atoms with Crippen LogP contribution in [-0.2, 0) is 12.8 Å². The Labute approximate surface area is 149 Å². The summed E-state index contributed by atoms with van der Waals surface area (Å²) in [5, 5.41) is 7.19. The highest BCUT2D eigenvalue weighted by Crippen LogP contribution is 2.21. The van der Waals surface area contributed by atoms with E-state index in [2.05, 4.69) is 20.4 Å². The lowest BCUT2D eigenvalue weighted by Gasteiger charge is -2.09. The van der Waals surface area contributed by atoms with Crippen molar-refractivity contribution in [2.75, 3.05) is 5.32 Å². The van der Waals surface area contributed by atoms with Crippen molar-refractivity contribution in [2.24, 2.45) is 0 Å². The molecule has 0 radical (unpaired) electrons. The Bertz CT molecular complexity index is 1070. The zero-order valence-electron chi connectivity index (χ0n) is 14.8. The normalized spacial score (nSPS) is 13.0. The maximum Gasteiger partial charge on any atom is 0.260 e. The number of aromatic amines is 1. The van der Waals surface area contributed by atoms with Gasteiger partial charge < -0.3 is 9.73 Å². The van der Waals surface area contributed by atoms with Gasteiger partial charge in [0, 0.05) is 11.6 Å². The van der Waals surface area contributed by atoms with Crippen LogP contribution in [0.15, 0.2) is 21.3 Å². The molecule has 0 atom stereocenters. The number of carbonyl (C=O) groups is 1. The van der Waals surface area contributed by atoms with Crippen LogP contribution in [0, 0.1) is 20.8 Å². The van der Waals surface area contributed by atoms with Gasteiger partial charge in [0.15, 0.2) is 0 Å². The first kappa shape index (κ1) is 16.3. The summed E-state index contributed by atoms with van der Waals surface area (Å²) in [5.41, 5.74) is 2.56. The maximum absolute atomic E-state index is 12.6. The number of rotatable bonds is 3. The number of nitrogens with one attached hydrogen (secondary N) is 2. The summed E-state index contributed by atoms with van der Waals surface area (Å²) in [4.78, 5) is 32.2. The molecule has 3 heterocycles. The minimum absolute atomic E-state index is 0.144. The Balaban J connectivity index is 1.72. The van der Waals surface area contributed by atoms with Crippen molar-refractivity contribution in [2.45, 2.75) is 40.0 Å². The van der Waals surface area contributed by atoms with Gasteiger partial charge in [0.2, 0.25) is 5.95 Å². The van der Waals surface area contributed by atoms with Gasteiger partial charge in [-0.2, -0.15) is 9.78 Å². The van der Waals surface area contributed by atoms with Crippen LogP contribution in [0.25, 0.3) is 5.95 Å². The van der Waals surface area contributed by atoms with Crippen molar-refractivity contribution in [3.63, 3.8) is 0 Å². The average Bonchev–Trinajstić information content (AvgIpc) is 3.26. The fourth-order valence-electron chi connectivity index (χ4n) is 3.32. The molecule has 8 nitrogen and oxygen atoms in total. The molecule has 4 rings (SSSR count). The molecule has 1 aliphatic rings. The van der Waals surface area contributed by atoms with Crippen LogP contribution in [0.5, 0.6) is 0 Å². The lowest BCUT2D eigenvalue weighted by atomic mass is 10.2. The standard InChI is InChI=1S/C18H19N5O3/c1-9-7-15(20-17(25)13-8-10(2)26-11(13)3)23(22-9)18-19-14-6-4-5-12(14)16(24)21-18/h7-8H,4-6H2,1-3H3,(H,20,25)(H,19,21,24). The van der Waals surface area contributed by atoms with Crippen LogP contribution in [0.2, 0.25) is 0 Å². The van der Waals surface area contributed by atoms with E-state index in [1.807, 2.05) is 6.92 Å². The van der Waals surface area contributed by atoms with Crippen molar-refractivity contribution >= 4 is 11.7 Å². The molecule has 1 amide bonds. The first-order valence-electron chi connectivity index (χ1n) is 8.50. The monoisotopic (exact) mass is 353 g/mol. The van der Waals surface area contributed by atoms with E-state index in [-0.39, 0.29) is 11.5 Å². The second-order valence-corrected chi connectivity index (χ2v) is 6.53. The molecular formula is C18H19N5O3. The zero-order valence-corrected chi connectivity index (χ0v) is 14.8. The van der Waals surface area contributed by atoms with E-state index in [0.717, 1.165) is 30.5 Å². The van der Waals surface area contributed by atoms with E-state index >= 15 is 0 Å². The highest BCUT2D eigenvalue weighted by molar-refractivity contribution is 6.04. The highest BCUT2D eigenvalue weighted by Gasteiger charge is 2.21. The lowest BCUT2D eigenvalue weighted by molar-refractivity contribution is 0.102. The van der Waals surface area contributed by atoms with E-state index in [1.165, 1.54) is 4.68 Å². The number of nitrogens with zero attached hydrogens (tertiary/aromatic N) is 3. The van der Waals surface area contributed by atoms with E-state index < -0.39 is 0 Å². The van der Waals surface area contributed by atoms with E-state index in [1.54, 1.807) is 26.0 Å². The van der Waals surface area contributed by atoms with Crippen molar-refractivity contribution in [3.05, 3.63) is 56.5 Å². The fraction of sp³-hybridized carbons (Fsp3) is 0.333. The zero-order chi connectivity index (χ0) is 18.4. The van der Waals surface area contributed by atoms with Crippen molar-refractivity contribution < 1.29 is 9.21 Å². The molecule has 8 heteroatoms. The third-order valence-corrected chi connectivity index (χ3v) is 4.49. The van der Waals surface area contributed by atoms with Gasteiger partial charge in [-0.15, -0.1) is 0 Å². The molecule has 134 valence electrons. The summed E-state index contributed by atoms with van der Waals surface area (Å²) >= 11 is 0. The summed E-state index contributed by atoms with van der Waals surface area (Å²) < 4.78 is 6.87. The van der Waals surface area contributed by atoms with Crippen molar-refractivity contribution in [1.29, 1.82) is 0 Å². The van der Waals surface area contributed by atoms with Crippen LogP contribution >= 0.6 is 0 Å². The molecule has 3 aromatic heterocycles. The minimum atomic E-state index is -0.302. The number of amides is 1. The fourth-order valence-corrected chi connectivity index (χ4v) is 3.32. The molecule has 0 saturated carbocycles. The first-order valence-corrected chi connectivity index (χ1v) is 8.50. The number of fused-ring (bicyclic) bond motifs is 1. The molecule has 2 N–H and O–H groups in total. The molecule has 0 spiro atoms. The molecule has 0 aromatic carbocycles. The first-order chi connectivity index (χ1) is 12.4. The molecule has 1 aliphatic carbocycles. The molecule has 0 bridgehead atoms. The van der Waals surface area contributed by atoms with Gasteiger partial charge in [0.05, 0.1) is 17.0 Å². The summed E-state index contributed by atoms with van der Waals surface area (Å²) in [7, 11) is 0. The SMILES string of the molecule is Cc1cc(NC(=O)c2cc(C)oc2C)n(-c2nc3c(c(=O)[nH]2)CCC3)n1. The summed E-state index contributed by atoms with van der Waals surface area (Å²) in [6.45, 7) is 5.34. The number of anilines is 1. The predicted octanol–water partition coefficient (Wildman–Crippen LogP) is 2.21. The van der Waals surface area contributed by atoms with Crippen LogP contribution < -0.4 is 10.9 Å². The van der Waals surface area contributed by atoms with Gasteiger partial charge in [-0.1, -0.05) is 0 Å². The topological polar surface area (TPSA) is 106 Å². The Kier molecular flexibility index (Phi) is 3.75. The van der Waals surface area contributed by atoms with E-state index in [4.69, 9.17) is 4.42 Å². The van der Waals surface area contributed by atoms with Crippen LogP contribution in [-0.4, -0.2) is 25.7 Å². The van der Waals surface area contributed by atoms with E-state index in [9.17, 15) is 9.59 Å². The second kappa shape index (κ2) is 5.98. The lowest BCUT2D eigenvalue weighted by Crippen LogP contribution is -2.21. The third kappa shape index (κ3) is 2.73. The molecule has 0 unspecified atom stereocenters. The minimum Gasteiger partial charge on any atom is -0.466 e. The van der Waals surface area contributed by atoms with Crippen molar-refractivity contribution in [3.8, 4) is 5.95 Å². The van der Waals surface area contributed by atoms with Gasteiger partial charge in [0.25, 0.3) is 11.5 Å². The molecule has 0 aliphatic heterocycles. The Morgan fingerprint density at radius 3 is 2.81 bits per heavy atom. The number of hydrogen-bond donors (Lipinski definition) is 2. The number of aryl methyl sites for hydroxylation is 4. The third-order valence-electron chi connectivity index (χ3n) is 4.49. The number of furan rings is 1. The maximum atomic E-state index is 12.6. The molecule has 3 aromatic rings.